The van der Waals surface area contributed by atoms with E-state index in [1.807, 2.05) is 34.8 Å². The molecule has 8 rings (SSSR count). The van der Waals surface area contributed by atoms with Gasteiger partial charge in [0.05, 0.1) is 22.4 Å². The zero-order valence-corrected chi connectivity index (χ0v) is 25.5. The molecule has 0 aliphatic carbocycles. The summed E-state index contributed by atoms with van der Waals surface area (Å²) in [6.07, 6.45) is 0. The second kappa shape index (κ2) is 10.9. The number of hydrogen-bond donors (Lipinski definition) is 0. The van der Waals surface area contributed by atoms with E-state index in [2.05, 4.69) is 120 Å². The first-order valence-electron chi connectivity index (χ1n) is 13.6. The molecule has 5 aromatic heterocycles. The van der Waals surface area contributed by atoms with Gasteiger partial charge in [0.15, 0.2) is 0 Å². The van der Waals surface area contributed by atoms with Crippen molar-refractivity contribution >= 4 is 56.4 Å². The third kappa shape index (κ3) is 4.63. The molecule has 0 saturated carbocycles. The smallest absolute Gasteiger partial charge is 0.0988 e. The molecule has 42 heavy (non-hydrogen) atoms. The number of benzene rings is 3. The molecule has 0 spiro atoms. The minimum Gasteiger partial charge on any atom is -0.243 e. The van der Waals surface area contributed by atoms with Crippen molar-refractivity contribution in [3.63, 3.8) is 0 Å². The second-order valence-electron chi connectivity index (χ2n) is 9.79. The number of aromatic nitrogens is 2. The van der Waals surface area contributed by atoms with Gasteiger partial charge in [-0.2, -0.15) is 0 Å². The highest BCUT2D eigenvalue weighted by Crippen LogP contribution is 2.44. The molecule has 0 bridgehead atoms. The molecule has 2 nitrogen and oxygen atoms in total. The Morgan fingerprint density at radius 3 is 1.19 bits per heavy atom. The fraction of sp³-hybridized carbons (Fsp3) is 0. The largest absolute Gasteiger partial charge is 0.243 e. The van der Waals surface area contributed by atoms with Gasteiger partial charge < -0.3 is 0 Å². The van der Waals surface area contributed by atoms with Gasteiger partial charge in [0.2, 0.25) is 0 Å². The maximum absolute atomic E-state index is 5.47. The molecule has 0 radical (unpaired) electrons. The number of fused-ring (bicyclic) bond motifs is 1. The van der Waals surface area contributed by atoms with Crippen LogP contribution in [-0.2, 0) is 0 Å². The Bertz CT molecular complexity index is 1970. The molecule has 0 unspecified atom stereocenters. The molecule has 5 heterocycles. The van der Waals surface area contributed by atoms with Crippen LogP contribution in [0.1, 0.15) is 0 Å². The summed E-state index contributed by atoms with van der Waals surface area (Å²) in [6, 6.07) is 42.8. The zero-order valence-electron chi connectivity index (χ0n) is 22.2. The second-order valence-corrected chi connectivity index (χ2v) is 13.9. The number of thiophene rings is 4. The Labute approximate surface area is 259 Å². The summed E-state index contributed by atoms with van der Waals surface area (Å²) in [5, 5.41) is 4.26. The molecule has 0 fully saturated rings. The van der Waals surface area contributed by atoms with Crippen molar-refractivity contribution in [1.82, 2.24) is 9.97 Å². The molecule has 8 aromatic rings. The van der Waals surface area contributed by atoms with Crippen LogP contribution in [-0.4, -0.2) is 9.97 Å². The van der Waals surface area contributed by atoms with E-state index in [0.29, 0.717) is 0 Å². The normalized spacial score (nSPS) is 11.3. The Hall–Kier alpha value is -4.20. The Balaban J connectivity index is 1.40. The van der Waals surface area contributed by atoms with Crippen LogP contribution >= 0.6 is 45.3 Å². The summed E-state index contributed by atoms with van der Waals surface area (Å²) in [5.41, 5.74) is 7.99. The molecule has 0 aliphatic heterocycles. The lowest BCUT2D eigenvalue weighted by Gasteiger charge is -2.15. The number of nitrogens with zero attached hydrogens (tertiary/aromatic N) is 2. The molecule has 200 valence electrons. The minimum atomic E-state index is 0.896. The Morgan fingerprint density at radius 1 is 0.357 bits per heavy atom. The average Bonchev–Trinajstić information content (AvgIpc) is 3.88. The van der Waals surface area contributed by atoms with Crippen LogP contribution in [0.5, 0.6) is 0 Å². The van der Waals surface area contributed by atoms with E-state index in [1.165, 1.54) is 29.3 Å². The summed E-state index contributed by atoms with van der Waals surface area (Å²) in [7, 11) is 0. The first kappa shape index (κ1) is 25.5. The molecule has 0 N–H and O–H groups in total. The lowest BCUT2D eigenvalue weighted by molar-refractivity contribution is 1.29. The van der Waals surface area contributed by atoms with Crippen LogP contribution in [0.15, 0.2) is 132 Å². The summed E-state index contributed by atoms with van der Waals surface area (Å²) in [6.45, 7) is 0. The van der Waals surface area contributed by atoms with Gasteiger partial charge >= 0.3 is 0 Å². The van der Waals surface area contributed by atoms with Crippen LogP contribution in [0.3, 0.4) is 0 Å². The van der Waals surface area contributed by atoms with Gasteiger partial charge in [-0.25, -0.2) is 9.97 Å². The monoisotopic (exact) mass is 610 g/mol. The van der Waals surface area contributed by atoms with Crippen molar-refractivity contribution in [2.75, 3.05) is 0 Å². The van der Waals surface area contributed by atoms with Gasteiger partial charge in [0.25, 0.3) is 0 Å². The van der Waals surface area contributed by atoms with Crippen molar-refractivity contribution in [3.8, 4) is 62.9 Å². The molecular formula is C36H22N2S4. The van der Waals surface area contributed by atoms with Crippen molar-refractivity contribution in [2.45, 2.75) is 0 Å². The third-order valence-electron chi connectivity index (χ3n) is 7.19. The van der Waals surface area contributed by atoms with Crippen LogP contribution in [0.25, 0.3) is 73.9 Å². The summed E-state index contributed by atoms with van der Waals surface area (Å²) >= 11 is 7.17. The summed E-state index contributed by atoms with van der Waals surface area (Å²) in [4.78, 5) is 18.4. The standard InChI is InChI=1S/C36H22N2S4/c1-3-9-23(10-4-1)33-34(24-11-5-2-6-12-24)38-36-26(28-18-20-32(42-28)30-14-8-22-40-30)16-15-25(35(36)37-33)27-17-19-31(41-27)29-13-7-21-39-29/h1-22H. The Morgan fingerprint density at radius 2 is 0.786 bits per heavy atom. The predicted octanol–water partition coefficient (Wildman–Crippen LogP) is 11.9. The van der Waals surface area contributed by atoms with Crippen LogP contribution < -0.4 is 0 Å². The summed E-state index contributed by atoms with van der Waals surface area (Å²) < 4.78 is 0. The van der Waals surface area contributed by atoms with Gasteiger partial charge in [0, 0.05) is 51.5 Å². The maximum atomic E-state index is 5.47. The maximum Gasteiger partial charge on any atom is 0.0988 e. The quantitative estimate of drug-likeness (QED) is 0.187. The third-order valence-corrected chi connectivity index (χ3v) is 11.6. The van der Waals surface area contributed by atoms with E-state index < -0.39 is 0 Å². The molecule has 6 heteroatoms. The van der Waals surface area contributed by atoms with Crippen LogP contribution in [0.2, 0.25) is 0 Å². The Kier molecular flexibility index (Phi) is 6.62. The van der Waals surface area contributed by atoms with E-state index in [4.69, 9.17) is 9.97 Å². The molecular weight excluding hydrogens is 589 g/mol. The molecule has 0 amide bonds. The topological polar surface area (TPSA) is 25.8 Å². The highest BCUT2D eigenvalue weighted by molar-refractivity contribution is 7.24. The molecule has 0 saturated heterocycles. The van der Waals surface area contributed by atoms with Gasteiger partial charge in [-0.1, -0.05) is 84.9 Å². The number of rotatable bonds is 6. The lowest BCUT2D eigenvalue weighted by atomic mass is 10.0. The lowest BCUT2D eigenvalue weighted by Crippen LogP contribution is -1.98. The fourth-order valence-corrected chi connectivity index (χ4v) is 8.93. The van der Waals surface area contributed by atoms with Gasteiger partial charge in [-0.15, -0.1) is 45.3 Å². The van der Waals surface area contributed by atoms with Crippen LogP contribution in [0, 0.1) is 0 Å². The highest BCUT2D eigenvalue weighted by Gasteiger charge is 2.20. The minimum absolute atomic E-state index is 0.896. The van der Waals surface area contributed by atoms with Gasteiger partial charge in [-0.05, 0) is 47.2 Å². The fourth-order valence-electron chi connectivity index (χ4n) is 5.20. The van der Waals surface area contributed by atoms with Gasteiger partial charge in [-0.3, -0.25) is 0 Å². The van der Waals surface area contributed by atoms with E-state index in [-0.39, 0.29) is 0 Å². The van der Waals surface area contributed by atoms with E-state index in [9.17, 15) is 0 Å². The molecule has 3 aromatic carbocycles. The van der Waals surface area contributed by atoms with Crippen molar-refractivity contribution < 1.29 is 0 Å². The van der Waals surface area contributed by atoms with E-state index in [0.717, 1.165) is 44.7 Å². The van der Waals surface area contributed by atoms with E-state index >= 15 is 0 Å². The van der Waals surface area contributed by atoms with E-state index in [1.54, 1.807) is 22.7 Å². The number of hydrogen-bond acceptors (Lipinski definition) is 6. The molecule has 0 atom stereocenters. The molecule has 0 aliphatic rings. The zero-order chi connectivity index (χ0) is 27.9. The van der Waals surface area contributed by atoms with Crippen molar-refractivity contribution in [1.29, 1.82) is 0 Å². The first-order chi connectivity index (χ1) is 20.8. The predicted molar refractivity (Wildman–Crippen MR) is 184 cm³/mol. The highest BCUT2D eigenvalue weighted by atomic mass is 32.1. The van der Waals surface area contributed by atoms with Gasteiger partial charge in [0.1, 0.15) is 0 Å². The SMILES string of the molecule is c1ccc(-c2nc3c(-c4ccc(-c5cccs5)s4)ccc(-c4ccc(-c5cccs5)s4)c3nc2-c2ccccc2)cc1. The van der Waals surface area contributed by atoms with Crippen LogP contribution in [0.4, 0.5) is 0 Å². The van der Waals surface area contributed by atoms with Crippen molar-refractivity contribution in [2.24, 2.45) is 0 Å². The first-order valence-corrected chi connectivity index (χ1v) is 16.9. The van der Waals surface area contributed by atoms with Crippen molar-refractivity contribution in [3.05, 3.63) is 132 Å². The summed E-state index contributed by atoms with van der Waals surface area (Å²) in [5.74, 6) is 0. The average molecular weight is 611 g/mol.